The molecule has 0 unspecified atom stereocenters. The molecule has 0 saturated carbocycles. The maximum atomic E-state index is 2.46. The van der Waals surface area contributed by atoms with Crippen molar-refractivity contribution >= 4 is 0 Å². The summed E-state index contributed by atoms with van der Waals surface area (Å²) in [6.45, 7) is 10.1. The average molecular weight is 163 g/mol. The second kappa shape index (κ2) is 11.3. The third kappa shape index (κ3) is 8.39. The summed E-state index contributed by atoms with van der Waals surface area (Å²) < 4.78 is 0. The van der Waals surface area contributed by atoms with Crippen molar-refractivity contribution in [2.45, 2.75) is 33.6 Å². The van der Waals surface area contributed by atoms with E-state index in [-0.39, 0.29) is 20.3 Å². The fraction of sp³-hybridized carbons (Fsp3) is 0.800. The van der Waals surface area contributed by atoms with E-state index in [1.165, 1.54) is 25.9 Å². The van der Waals surface area contributed by atoms with E-state index in [0.717, 1.165) is 6.54 Å². The molecule has 1 nitrogen and oxygen atoms in total. The van der Waals surface area contributed by atoms with Crippen LogP contribution in [-0.2, 0) is 0 Å². The molecule has 2 heteroatoms. The molecule has 0 aromatic rings. The van der Waals surface area contributed by atoms with Crippen LogP contribution in [0.15, 0.2) is 12.2 Å². The first-order valence-corrected chi connectivity index (χ1v) is 4.68. The second-order valence-corrected chi connectivity index (χ2v) is 2.82. The van der Waals surface area contributed by atoms with Crippen LogP contribution in [0, 0.1) is 0 Å². The van der Waals surface area contributed by atoms with Gasteiger partial charge in [0.05, 0.1) is 0 Å². The van der Waals surface area contributed by atoms with E-state index >= 15 is 0 Å². The van der Waals surface area contributed by atoms with Crippen molar-refractivity contribution in [2.24, 2.45) is 0 Å². The molecule has 0 atom stereocenters. The van der Waals surface area contributed by atoms with Gasteiger partial charge in [0.15, 0.2) is 0 Å². The van der Waals surface area contributed by atoms with E-state index in [2.05, 4.69) is 37.8 Å². The van der Waals surface area contributed by atoms with Gasteiger partial charge in [-0.1, -0.05) is 32.4 Å². The van der Waals surface area contributed by atoms with Gasteiger partial charge in [-0.15, -0.1) is 0 Å². The first-order chi connectivity index (χ1) is 5.35. The van der Waals surface area contributed by atoms with Gasteiger partial charge in [-0.25, -0.2) is 0 Å². The molecule has 0 amide bonds. The number of rotatable bonds is 6. The summed E-state index contributed by atoms with van der Waals surface area (Å²) in [5.41, 5.74) is 0. The minimum Gasteiger partial charge on any atom is -1.00 e. The van der Waals surface area contributed by atoms with E-state index < -0.39 is 0 Å². The van der Waals surface area contributed by atoms with Gasteiger partial charge in [0.1, 0.15) is 0 Å². The average Bonchev–Trinajstić information content (AvgIpc) is 2.05. The van der Waals surface area contributed by atoms with Gasteiger partial charge in [0.2, 0.25) is 0 Å². The van der Waals surface area contributed by atoms with Crippen LogP contribution in [0.5, 0.6) is 0 Å². The van der Waals surface area contributed by atoms with Crippen molar-refractivity contribution in [3.8, 4) is 0 Å². The number of allylic oxidation sites excluding steroid dienone is 1. The van der Waals surface area contributed by atoms with E-state index in [0.29, 0.717) is 0 Å². The monoisotopic (exact) mass is 163 g/mol. The van der Waals surface area contributed by atoms with Gasteiger partial charge < -0.3 is 1.43 Å². The topological polar surface area (TPSA) is 3.24 Å². The zero-order valence-corrected chi connectivity index (χ0v) is 9.14. The smallest absolute Gasteiger partial charge is 1.00 e. The van der Waals surface area contributed by atoms with Crippen molar-refractivity contribution in [3.63, 3.8) is 0 Å². The van der Waals surface area contributed by atoms with Crippen LogP contribution in [0.25, 0.3) is 0 Å². The Labute approximate surface area is 90.9 Å². The van der Waals surface area contributed by atoms with Crippen molar-refractivity contribution in [2.75, 3.05) is 19.6 Å². The zero-order valence-electron chi connectivity index (χ0n) is 10.1. The summed E-state index contributed by atoms with van der Waals surface area (Å²) in [7, 11) is 0. The fourth-order valence-corrected chi connectivity index (χ4v) is 1.01. The molecule has 12 heavy (non-hydrogen) atoms. The van der Waals surface area contributed by atoms with Gasteiger partial charge in [-0.3, -0.25) is 4.90 Å². The Balaban J connectivity index is -0.000000500. The van der Waals surface area contributed by atoms with Gasteiger partial charge in [-0.2, -0.15) is 0 Å². The molecule has 0 radical (unpaired) electrons. The Morgan fingerprint density at radius 2 is 2.00 bits per heavy atom. The maximum absolute atomic E-state index is 2.46. The first kappa shape index (κ1) is 14.8. The molecule has 0 saturated heterocycles. The summed E-state index contributed by atoms with van der Waals surface area (Å²) >= 11 is 0. The van der Waals surface area contributed by atoms with Crippen LogP contribution >= 0.6 is 0 Å². The minimum absolute atomic E-state index is 0. The molecular weight excluding hydrogens is 141 g/mol. The number of likely N-dealkylation sites (N-methyl/N-ethyl adjacent to an activating group) is 1. The van der Waals surface area contributed by atoms with Crippen LogP contribution in [0.2, 0.25) is 0 Å². The molecule has 0 heterocycles. The number of hydrogen-bond acceptors (Lipinski definition) is 1. The van der Waals surface area contributed by atoms with Crippen molar-refractivity contribution in [1.82, 2.24) is 4.90 Å². The molecule has 0 bridgehead atoms. The Hall–Kier alpha value is 0.297. The molecule has 0 aliphatic rings. The van der Waals surface area contributed by atoms with Crippen LogP contribution in [0.4, 0.5) is 0 Å². The molecule has 0 aromatic heterocycles. The van der Waals surface area contributed by atoms with E-state index in [4.69, 9.17) is 0 Å². The predicted octanol–water partition coefficient (Wildman–Crippen LogP) is -0.199. The van der Waals surface area contributed by atoms with E-state index in [1.807, 2.05) is 0 Å². The number of hydrogen-bond donors (Lipinski definition) is 0. The summed E-state index contributed by atoms with van der Waals surface area (Å²) in [4.78, 5) is 2.46. The molecule has 0 spiro atoms. The SMILES string of the molecule is C/C=C/CN(CC)CCCC.[H-].[Li+]. The maximum Gasteiger partial charge on any atom is 1.00 e. The summed E-state index contributed by atoms with van der Waals surface area (Å²) in [5.74, 6) is 0. The van der Waals surface area contributed by atoms with Crippen LogP contribution in [-0.4, -0.2) is 24.5 Å². The molecule has 0 aromatic carbocycles. The van der Waals surface area contributed by atoms with E-state index in [1.54, 1.807) is 0 Å². The Kier molecular flexibility index (Phi) is 13.9. The van der Waals surface area contributed by atoms with Crippen LogP contribution in [0.1, 0.15) is 35.0 Å². The number of unbranched alkanes of at least 4 members (excludes halogenated alkanes) is 1. The first-order valence-electron chi connectivity index (χ1n) is 4.68. The Morgan fingerprint density at radius 3 is 2.42 bits per heavy atom. The number of nitrogens with zero attached hydrogens (tertiary/aromatic N) is 1. The Morgan fingerprint density at radius 1 is 1.33 bits per heavy atom. The molecule has 0 fully saturated rings. The molecule has 0 aliphatic carbocycles. The normalized spacial score (nSPS) is 10.7. The van der Waals surface area contributed by atoms with Gasteiger partial charge in [0, 0.05) is 6.54 Å². The standard InChI is InChI=1S/C10H21N.Li.H/c1-4-7-9-11(6-3)10-8-5-2;;/h4,7H,5-6,8-10H2,1-3H3;;/q;+1;-1/b7-4+;;. The van der Waals surface area contributed by atoms with Gasteiger partial charge in [0.25, 0.3) is 0 Å². The summed E-state index contributed by atoms with van der Waals surface area (Å²) in [5, 5.41) is 0. The molecule has 0 aliphatic heterocycles. The predicted molar refractivity (Wildman–Crippen MR) is 52.9 cm³/mol. The molecule has 0 rings (SSSR count). The summed E-state index contributed by atoms with van der Waals surface area (Å²) in [6, 6.07) is 0. The largest absolute Gasteiger partial charge is 1.00 e. The van der Waals surface area contributed by atoms with Crippen molar-refractivity contribution < 1.29 is 20.3 Å². The second-order valence-electron chi connectivity index (χ2n) is 2.82. The van der Waals surface area contributed by atoms with Crippen LogP contribution in [0.3, 0.4) is 0 Å². The zero-order chi connectivity index (χ0) is 8.53. The quantitative estimate of drug-likeness (QED) is 0.387. The summed E-state index contributed by atoms with van der Waals surface area (Å²) in [6.07, 6.45) is 6.96. The molecule has 68 valence electrons. The third-order valence-electron chi connectivity index (χ3n) is 1.87. The Bertz CT molecular complexity index is 107. The van der Waals surface area contributed by atoms with Crippen LogP contribution < -0.4 is 18.9 Å². The van der Waals surface area contributed by atoms with Gasteiger partial charge >= 0.3 is 18.9 Å². The minimum atomic E-state index is 0. The molecular formula is C10H22LiN. The van der Waals surface area contributed by atoms with Gasteiger partial charge in [-0.05, 0) is 26.4 Å². The van der Waals surface area contributed by atoms with Crippen molar-refractivity contribution in [1.29, 1.82) is 0 Å². The molecule has 0 N–H and O–H groups in total. The third-order valence-corrected chi connectivity index (χ3v) is 1.87. The van der Waals surface area contributed by atoms with Crippen molar-refractivity contribution in [3.05, 3.63) is 12.2 Å². The van der Waals surface area contributed by atoms with E-state index in [9.17, 15) is 0 Å². The fourth-order valence-electron chi connectivity index (χ4n) is 1.01.